The van der Waals surface area contributed by atoms with Crippen molar-refractivity contribution in [1.29, 1.82) is 0 Å². The maximum Gasteiger partial charge on any atom is 0.271 e. The topological polar surface area (TPSA) is 69.2 Å². The van der Waals surface area contributed by atoms with E-state index in [9.17, 15) is 10.1 Å². The number of nitro groups is 1. The highest BCUT2D eigenvalue weighted by Gasteiger charge is 2.13. The van der Waals surface area contributed by atoms with Crippen LogP contribution in [0, 0.1) is 10.1 Å². The summed E-state index contributed by atoms with van der Waals surface area (Å²) in [6, 6.07) is 18.4. The van der Waals surface area contributed by atoms with Gasteiger partial charge in [-0.1, -0.05) is 30.3 Å². The summed E-state index contributed by atoms with van der Waals surface area (Å²) in [5.74, 6) is 0.459. The number of hydrogen-bond donors (Lipinski definition) is 0. The molecule has 5 heteroatoms. The molecule has 4 aromatic rings. The highest BCUT2D eigenvalue weighted by atomic mass is 16.6. The molecular formula is C17H10N2O3. The van der Waals surface area contributed by atoms with Crippen LogP contribution in [-0.2, 0) is 0 Å². The predicted octanol–water partition coefficient (Wildman–Crippen LogP) is 4.56. The number of benzene rings is 3. The number of hydrogen-bond acceptors (Lipinski definition) is 4. The van der Waals surface area contributed by atoms with Crippen molar-refractivity contribution in [3.63, 3.8) is 0 Å². The summed E-state index contributed by atoms with van der Waals surface area (Å²) in [5.41, 5.74) is 1.87. The van der Waals surface area contributed by atoms with Gasteiger partial charge in [-0.15, -0.1) is 0 Å². The summed E-state index contributed by atoms with van der Waals surface area (Å²) in [5, 5.41) is 13.0. The lowest BCUT2D eigenvalue weighted by atomic mass is 10.1. The Bertz CT molecular complexity index is 1020. The highest BCUT2D eigenvalue weighted by molar-refractivity contribution is 5.87. The van der Waals surface area contributed by atoms with Crippen molar-refractivity contribution in [3.8, 4) is 11.5 Å². The molecule has 3 aromatic carbocycles. The van der Waals surface area contributed by atoms with Crippen LogP contribution in [0.3, 0.4) is 0 Å². The molecule has 0 aliphatic heterocycles. The van der Waals surface area contributed by atoms with E-state index < -0.39 is 4.92 Å². The lowest BCUT2D eigenvalue weighted by molar-refractivity contribution is -0.384. The van der Waals surface area contributed by atoms with Crippen LogP contribution in [0.25, 0.3) is 33.3 Å². The standard InChI is InChI=1S/C17H10N2O3/c20-19(21)14-7-8-16-15(10-14)18-17(22-16)13-6-5-11-3-1-2-4-12(11)9-13/h1-10H. The molecule has 0 saturated heterocycles. The van der Waals surface area contributed by atoms with Crippen molar-refractivity contribution >= 4 is 27.6 Å². The van der Waals surface area contributed by atoms with Crippen LogP contribution < -0.4 is 0 Å². The van der Waals surface area contributed by atoms with Crippen LogP contribution >= 0.6 is 0 Å². The number of aromatic nitrogens is 1. The third kappa shape index (κ3) is 2.00. The molecule has 1 heterocycles. The van der Waals surface area contributed by atoms with Crippen molar-refractivity contribution in [2.75, 3.05) is 0 Å². The lowest BCUT2D eigenvalue weighted by Crippen LogP contribution is -1.86. The summed E-state index contributed by atoms with van der Waals surface area (Å²) in [4.78, 5) is 14.7. The third-order valence-electron chi connectivity index (χ3n) is 3.58. The van der Waals surface area contributed by atoms with Gasteiger partial charge in [0.1, 0.15) is 5.52 Å². The Kier molecular flexibility index (Phi) is 2.66. The number of nitrogens with zero attached hydrogens (tertiary/aromatic N) is 2. The smallest absolute Gasteiger partial charge is 0.271 e. The van der Waals surface area contributed by atoms with E-state index in [1.165, 1.54) is 12.1 Å². The second kappa shape index (κ2) is 4.66. The molecule has 0 fully saturated rings. The van der Waals surface area contributed by atoms with Gasteiger partial charge in [-0.3, -0.25) is 10.1 Å². The van der Waals surface area contributed by atoms with Crippen molar-refractivity contribution in [2.45, 2.75) is 0 Å². The first kappa shape index (κ1) is 12.5. The van der Waals surface area contributed by atoms with Crippen LogP contribution in [0.1, 0.15) is 0 Å². The monoisotopic (exact) mass is 290 g/mol. The van der Waals surface area contributed by atoms with Gasteiger partial charge in [0.15, 0.2) is 5.58 Å². The predicted molar refractivity (Wildman–Crippen MR) is 83.6 cm³/mol. The molecule has 106 valence electrons. The fourth-order valence-electron chi connectivity index (χ4n) is 2.48. The van der Waals surface area contributed by atoms with E-state index >= 15 is 0 Å². The van der Waals surface area contributed by atoms with Gasteiger partial charge in [-0.2, -0.15) is 0 Å². The van der Waals surface area contributed by atoms with Gasteiger partial charge in [0.25, 0.3) is 5.69 Å². The molecule has 0 N–H and O–H groups in total. The molecule has 5 nitrogen and oxygen atoms in total. The first-order valence-electron chi connectivity index (χ1n) is 6.75. The lowest BCUT2D eigenvalue weighted by Gasteiger charge is -1.99. The summed E-state index contributed by atoms with van der Waals surface area (Å²) in [7, 11) is 0. The molecule has 0 radical (unpaired) electrons. The van der Waals surface area contributed by atoms with Crippen LogP contribution in [-0.4, -0.2) is 9.91 Å². The Labute approximate surface area is 125 Å². The van der Waals surface area contributed by atoms with E-state index in [0.717, 1.165) is 16.3 Å². The number of fused-ring (bicyclic) bond motifs is 2. The molecule has 0 aliphatic rings. The summed E-state index contributed by atoms with van der Waals surface area (Å²) < 4.78 is 5.70. The average Bonchev–Trinajstić information content (AvgIpc) is 2.97. The minimum Gasteiger partial charge on any atom is -0.436 e. The maximum absolute atomic E-state index is 10.8. The zero-order chi connectivity index (χ0) is 15.1. The molecule has 1 aromatic heterocycles. The summed E-state index contributed by atoms with van der Waals surface area (Å²) in [6.45, 7) is 0. The van der Waals surface area contributed by atoms with Crippen LogP contribution in [0.2, 0.25) is 0 Å². The number of non-ortho nitro benzene ring substituents is 1. The first-order valence-corrected chi connectivity index (χ1v) is 6.75. The van der Waals surface area contributed by atoms with Gasteiger partial charge in [0, 0.05) is 17.7 Å². The summed E-state index contributed by atoms with van der Waals surface area (Å²) >= 11 is 0. The third-order valence-corrected chi connectivity index (χ3v) is 3.58. The highest BCUT2D eigenvalue weighted by Crippen LogP contribution is 2.28. The van der Waals surface area contributed by atoms with E-state index in [4.69, 9.17) is 4.42 Å². The van der Waals surface area contributed by atoms with E-state index in [0.29, 0.717) is 17.0 Å². The van der Waals surface area contributed by atoms with Crippen LogP contribution in [0.4, 0.5) is 5.69 Å². The molecule has 0 bridgehead atoms. The molecule has 0 aliphatic carbocycles. The molecule has 22 heavy (non-hydrogen) atoms. The second-order valence-electron chi connectivity index (χ2n) is 4.99. The Morgan fingerprint density at radius 2 is 1.77 bits per heavy atom. The Morgan fingerprint density at radius 3 is 2.59 bits per heavy atom. The van der Waals surface area contributed by atoms with E-state index in [-0.39, 0.29) is 5.69 Å². The molecule has 4 rings (SSSR count). The Balaban J connectivity index is 1.86. The van der Waals surface area contributed by atoms with Gasteiger partial charge in [0.05, 0.1) is 4.92 Å². The Hall–Kier alpha value is -3.21. The molecule has 0 amide bonds. The summed E-state index contributed by atoms with van der Waals surface area (Å²) in [6.07, 6.45) is 0. The first-order chi connectivity index (χ1) is 10.7. The maximum atomic E-state index is 10.8. The van der Waals surface area contributed by atoms with Crippen molar-refractivity contribution in [2.24, 2.45) is 0 Å². The minimum absolute atomic E-state index is 0.00543. The zero-order valence-corrected chi connectivity index (χ0v) is 11.4. The minimum atomic E-state index is -0.441. The zero-order valence-electron chi connectivity index (χ0n) is 11.4. The largest absolute Gasteiger partial charge is 0.436 e. The van der Waals surface area contributed by atoms with Gasteiger partial charge in [-0.25, -0.2) is 4.98 Å². The van der Waals surface area contributed by atoms with Crippen LogP contribution in [0.5, 0.6) is 0 Å². The van der Waals surface area contributed by atoms with Gasteiger partial charge >= 0.3 is 0 Å². The van der Waals surface area contributed by atoms with Gasteiger partial charge < -0.3 is 4.42 Å². The number of nitro benzene ring substituents is 1. The number of oxazole rings is 1. The average molecular weight is 290 g/mol. The SMILES string of the molecule is O=[N+]([O-])c1ccc2oc(-c3ccc4ccccc4c3)nc2c1. The van der Waals surface area contributed by atoms with E-state index in [1.807, 2.05) is 42.5 Å². The Morgan fingerprint density at radius 1 is 0.955 bits per heavy atom. The van der Waals surface area contributed by atoms with Gasteiger partial charge in [-0.05, 0) is 29.0 Å². The quantitative estimate of drug-likeness (QED) is 0.401. The second-order valence-corrected chi connectivity index (χ2v) is 4.99. The molecule has 0 saturated carbocycles. The molecule has 0 spiro atoms. The fourth-order valence-corrected chi connectivity index (χ4v) is 2.48. The van der Waals surface area contributed by atoms with Crippen LogP contribution in [0.15, 0.2) is 65.1 Å². The number of rotatable bonds is 2. The molecule has 0 atom stereocenters. The van der Waals surface area contributed by atoms with E-state index in [1.54, 1.807) is 6.07 Å². The van der Waals surface area contributed by atoms with Gasteiger partial charge in [0.2, 0.25) is 5.89 Å². The van der Waals surface area contributed by atoms with Crippen molar-refractivity contribution in [1.82, 2.24) is 4.98 Å². The van der Waals surface area contributed by atoms with E-state index in [2.05, 4.69) is 4.98 Å². The fraction of sp³-hybridized carbons (Fsp3) is 0. The molecular weight excluding hydrogens is 280 g/mol. The molecule has 0 unspecified atom stereocenters. The normalized spacial score (nSPS) is 11.1. The van der Waals surface area contributed by atoms with Crippen molar-refractivity contribution < 1.29 is 9.34 Å². The van der Waals surface area contributed by atoms with Crippen molar-refractivity contribution in [3.05, 3.63) is 70.8 Å².